The highest BCUT2D eigenvalue weighted by Gasteiger charge is 2.34. The minimum atomic E-state index is -0.479. The van der Waals surface area contributed by atoms with Gasteiger partial charge in [-0.25, -0.2) is 4.79 Å². The van der Waals surface area contributed by atoms with Crippen LogP contribution in [0.1, 0.15) is 34.1 Å². The van der Waals surface area contributed by atoms with Gasteiger partial charge < -0.3 is 14.7 Å². The molecule has 0 aromatic heterocycles. The number of hydrogen-bond donors (Lipinski definition) is 1. The molecule has 0 spiro atoms. The Kier molecular flexibility index (Phi) is 4.79. The van der Waals surface area contributed by atoms with Crippen LogP contribution in [0, 0.1) is 11.8 Å². The number of amides is 1. The molecule has 1 amide bonds. The predicted octanol–water partition coefficient (Wildman–Crippen LogP) is 2.43. The van der Waals surface area contributed by atoms with Gasteiger partial charge in [-0.1, -0.05) is 13.0 Å². The predicted molar refractivity (Wildman–Crippen MR) is 71.3 cm³/mol. The number of piperidine rings is 1. The van der Waals surface area contributed by atoms with E-state index in [0.717, 1.165) is 0 Å². The van der Waals surface area contributed by atoms with E-state index in [-0.39, 0.29) is 24.0 Å². The number of rotatable bonds is 2. The molecule has 3 unspecified atom stereocenters. The molecule has 0 bridgehead atoms. The van der Waals surface area contributed by atoms with Gasteiger partial charge in [-0.3, -0.25) is 0 Å². The highest BCUT2D eigenvalue weighted by atomic mass is 16.6. The number of carbonyl (C=O) groups is 1. The molecule has 1 fully saturated rings. The SMILES string of the molecule is C=CC(C)C1CN(C(=O)OC(C)(C)C)CCC1O. The lowest BCUT2D eigenvalue weighted by Crippen LogP contribution is -2.49. The molecule has 0 saturated carbocycles. The molecule has 1 N–H and O–H groups in total. The van der Waals surface area contributed by atoms with Crippen LogP contribution in [-0.4, -0.2) is 40.9 Å². The molecule has 1 saturated heterocycles. The van der Waals surface area contributed by atoms with Crippen molar-refractivity contribution in [2.75, 3.05) is 13.1 Å². The van der Waals surface area contributed by atoms with Crippen LogP contribution in [0.3, 0.4) is 0 Å². The third kappa shape index (κ3) is 4.02. The van der Waals surface area contributed by atoms with Crippen molar-refractivity contribution in [1.29, 1.82) is 0 Å². The maximum absolute atomic E-state index is 12.0. The summed E-state index contributed by atoms with van der Waals surface area (Å²) in [6.45, 7) is 12.4. The first-order chi connectivity index (χ1) is 8.24. The number of allylic oxidation sites excluding steroid dienone is 1. The summed E-state index contributed by atoms with van der Waals surface area (Å²) in [5.74, 6) is 0.231. The summed E-state index contributed by atoms with van der Waals surface area (Å²) in [6, 6.07) is 0. The number of carbonyl (C=O) groups excluding carboxylic acids is 1. The van der Waals surface area contributed by atoms with Crippen molar-refractivity contribution in [3.05, 3.63) is 12.7 Å². The number of nitrogens with zero attached hydrogens (tertiary/aromatic N) is 1. The van der Waals surface area contributed by atoms with E-state index < -0.39 is 5.60 Å². The van der Waals surface area contributed by atoms with E-state index in [1.807, 2.05) is 33.8 Å². The lowest BCUT2D eigenvalue weighted by Gasteiger charge is -2.38. The molecule has 0 aromatic rings. The fraction of sp³-hybridized carbons (Fsp3) is 0.786. The second kappa shape index (κ2) is 5.74. The zero-order chi connectivity index (χ0) is 13.9. The molecule has 4 heteroatoms. The number of hydrogen-bond acceptors (Lipinski definition) is 3. The van der Waals surface area contributed by atoms with Crippen LogP contribution >= 0.6 is 0 Å². The summed E-state index contributed by atoms with van der Waals surface area (Å²) in [5, 5.41) is 9.98. The number of aliphatic hydroxyl groups excluding tert-OH is 1. The first-order valence-electron chi connectivity index (χ1n) is 6.53. The van der Waals surface area contributed by atoms with E-state index in [4.69, 9.17) is 4.74 Å². The summed E-state index contributed by atoms with van der Waals surface area (Å²) in [7, 11) is 0. The van der Waals surface area contributed by atoms with Gasteiger partial charge in [0.1, 0.15) is 5.60 Å². The Bertz CT molecular complexity index is 309. The van der Waals surface area contributed by atoms with Crippen molar-refractivity contribution in [3.8, 4) is 0 Å². The summed E-state index contributed by atoms with van der Waals surface area (Å²) >= 11 is 0. The fourth-order valence-corrected chi connectivity index (χ4v) is 2.15. The molecule has 1 aliphatic heterocycles. The smallest absolute Gasteiger partial charge is 0.410 e. The minimum absolute atomic E-state index is 0.0452. The largest absolute Gasteiger partial charge is 0.444 e. The molecule has 0 aromatic carbocycles. The molecular weight excluding hydrogens is 230 g/mol. The van der Waals surface area contributed by atoms with Gasteiger partial charge in [0.05, 0.1) is 6.10 Å². The Morgan fingerprint density at radius 3 is 2.67 bits per heavy atom. The Hall–Kier alpha value is -1.03. The van der Waals surface area contributed by atoms with Crippen molar-refractivity contribution in [3.63, 3.8) is 0 Å². The number of likely N-dealkylation sites (tertiary alicyclic amines) is 1. The molecule has 0 aliphatic carbocycles. The monoisotopic (exact) mass is 255 g/mol. The Labute approximate surface area is 110 Å². The van der Waals surface area contributed by atoms with Gasteiger partial charge in [0.15, 0.2) is 0 Å². The highest BCUT2D eigenvalue weighted by Crippen LogP contribution is 2.26. The van der Waals surface area contributed by atoms with E-state index in [2.05, 4.69) is 6.58 Å². The third-order valence-corrected chi connectivity index (χ3v) is 3.32. The molecule has 18 heavy (non-hydrogen) atoms. The maximum atomic E-state index is 12.0. The summed E-state index contributed by atoms with van der Waals surface area (Å²) < 4.78 is 5.35. The maximum Gasteiger partial charge on any atom is 0.410 e. The second-order valence-corrected chi connectivity index (χ2v) is 6.04. The zero-order valence-corrected chi connectivity index (χ0v) is 11.8. The molecule has 1 heterocycles. The van der Waals surface area contributed by atoms with E-state index in [1.54, 1.807) is 4.90 Å². The Balaban J connectivity index is 2.64. The van der Waals surface area contributed by atoms with Crippen LogP contribution in [0.2, 0.25) is 0 Å². The van der Waals surface area contributed by atoms with Gasteiger partial charge >= 0.3 is 6.09 Å². The summed E-state index contributed by atoms with van der Waals surface area (Å²) in [5.41, 5.74) is -0.479. The molecule has 1 rings (SSSR count). The van der Waals surface area contributed by atoms with E-state index >= 15 is 0 Å². The molecule has 104 valence electrons. The molecule has 0 radical (unpaired) electrons. The summed E-state index contributed by atoms with van der Waals surface area (Å²) in [4.78, 5) is 13.7. The molecular formula is C14H25NO3. The zero-order valence-electron chi connectivity index (χ0n) is 11.8. The average Bonchev–Trinajstić information content (AvgIpc) is 2.26. The third-order valence-electron chi connectivity index (χ3n) is 3.32. The van der Waals surface area contributed by atoms with Gasteiger partial charge in [0.2, 0.25) is 0 Å². The van der Waals surface area contributed by atoms with Crippen molar-refractivity contribution < 1.29 is 14.6 Å². The van der Waals surface area contributed by atoms with Crippen molar-refractivity contribution in [2.45, 2.75) is 45.8 Å². The summed E-state index contributed by atoms with van der Waals surface area (Å²) in [6.07, 6.45) is 1.77. The quantitative estimate of drug-likeness (QED) is 0.771. The van der Waals surface area contributed by atoms with E-state index in [0.29, 0.717) is 19.5 Å². The van der Waals surface area contributed by atoms with E-state index in [9.17, 15) is 9.90 Å². The Morgan fingerprint density at radius 2 is 2.17 bits per heavy atom. The van der Waals surface area contributed by atoms with Gasteiger partial charge in [-0.2, -0.15) is 0 Å². The topological polar surface area (TPSA) is 49.8 Å². The minimum Gasteiger partial charge on any atom is -0.444 e. The van der Waals surface area contributed by atoms with Crippen LogP contribution in [-0.2, 0) is 4.74 Å². The lowest BCUT2D eigenvalue weighted by atomic mass is 9.84. The average molecular weight is 255 g/mol. The van der Waals surface area contributed by atoms with Crippen LogP contribution in [0.5, 0.6) is 0 Å². The standard InChI is InChI=1S/C14H25NO3/c1-6-10(2)11-9-15(8-7-12(11)16)13(17)18-14(3,4)5/h6,10-12,16H,1,7-9H2,2-5H3. The number of aliphatic hydroxyl groups is 1. The lowest BCUT2D eigenvalue weighted by molar-refractivity contribution is -0.0155. The van der Waals surface area contributed by atoms with Crippen molar-refractivity contribution in [1.82, 2.24) is 4.90 Å². The van der Waals surface area contributed by atoms with Gasteiger partial charge in [-0.05, 0) is 33.1 Å². The van der Waals surface area contributed by atoms with Crippen LogP contribution < -0.4 is 0 Å². The molecule has 4 nitrogen and oxygen atoms in total. The van der Waals surface area contributed by atoms with Crippen molar-refractivity contribution >= 4 is 6.09 Å². The molecule has 1 aliphatic rings. The fourth-order valence-electron chi connectivity index (χ4n) is 2.15. The van der Waals surface area contributed by atoms with Gasteiger partial charge in [-0.15, -0.1) is 6.58 Å². The Morgan fingerprint density at radius 1 is 1.56 bits per heavy atom. The highest BCUT2D eigenvalue weighted by molar-refractivity contribution is 5.68. The first kappa shape index (κ1) is 15.0. The van der Waals surface area contributed by atoms with Crippen LogP contribution in [0.25, 0.3) is 0 Å². The second-order valence-electron chi connectivity index (χ2n) is 6.04. The first-order valence-corrected chi connectivity index (χ1v) is 6.53. The van der Waals surface area contributed by atoms with E-state index in [1.165, 1.54) is 0 Å². The van der Waals surface area contributed by atoms with Gasteiger partial charge in [0, 0.05) is 19.0 Å². The number of ether oxygens (including phenoxy) is 1. The van der Waals surface area contributed by atoms with Gasteiger partial charge in [0.25, 0.3) is 0 Å². The van der Waals surface area contributed by atoms with Crippen LogP contribution in [0.15, 0.2) is 12.7 Å². The normalized spacial score (nSPS) is 26.6. The van der Waals surface area contributed by atoms with Crippen molar-refractivity contribution in [2.24, 2.45) is 11.8 Å². The van der Waals surface area contributed by atoms with Crippen LogP contribution in [0.4, 0.5) is 4.79 Å². The molecule has 3 atom stereocenters.